The fourth-order valence-corrected chi connectivity index (χ4v) is 4.16. The summed E-state index contributed by atoms with van der Waals surface area (Å²) in [5.41, 5.74) is 1.15. The van der Waals surface area contributed by atoms with Crippen LogP contribution in [0.5, 0.6) is 0 Å². The van der Waals surface area contributed by atoms with Crippen molar-refractivity contribution in [1.82, 2.24) is 5.32 Å². The Morgan fingerprint density at radius 2 is 1.80 bits per heavy atom. The Labute approximate surface area is 95.0 Å². The lowest BCUT2D eigenvalue weighted by Gasteiger charge is -2.52. The van der Waals surface area contributed by atoms with Gasteiger partial charge in [0.15, 0.2) is 0 Å². The maximum atomic E-state index is 3.65. The third-order valence-electron chi connectivity index (χ3n) is 4.71. The van der Waals surface area contributed by atoms with Gasteiger partial charge in [-0.05, 0) is 49.0 Å². The van der Waals surface area contributed by atoms with Gasteiger partial charge in [-0.3, -0.25) is 0 Å². The summed E-state index contributed by atoms with van der Waals surface area (Å²) in [4.78, 5) is 0. The van der Waals surface area contributed by atoms with E-state index < -0.39 is 0 Å². The lowest BCUT2D eigenvalue weighted by atomic mass is 9.55. The number of hydrogen-bond donors (Lipinski definition) is 1. The molecule has 2 fully saturated rings. The van der Waals surface area contributed by atoms with E-state index in [1.807, 2.05) is 0 Å². The van der Waals surface area contributed by atoms with Crippen LogP contribution in [0.25, 0.3) is 0 Å². The summed E-state index contributed by atoms with van der Waals surface area (Å²) in [6.45, 7) is 9.87. The smallest absolute Gasteiger partial charge is 0.00107 e. The molecular weight excluding hydrogens is 182 g/mol. The molecule has 1 heterocycles. The number of nitrogens with one attached hydrogen (secondary N) is 1. The highest BCUT2D eigenvalue weighted by molar-refractivity contribution is 4.97. The van der Waals surface area contributed by atoms with Gasteiger partial charge in [-0.2, -0.15) is 0 Å². The molecule has 0 amide bonds. The molecule has 0 aromatic heterocycles. The molecule has 1 aliphatic carbocycles. The van der Waals surface area contributed by atoms with Crippen LogP contribution in [0.4, 0.5) is 0 Å². The fraction of sp³-hybridized carbons (Fsp3) is 1.00. The summed E-state index contributed by atoms with van der Waals surface area (Å²) in [5, 5.41) is 3.65. The van der Waals surface area contributed by atoms with Crippen molar-refractivity contribution in [3.63, 3.8) is 0 Å². The standard InChI is InChI=1S/C14H27N/c1-13(2,3)12-7-4-5-8-14(12)9-6-10-15-11-14/h12,15H,4-11H2,1-3H3. The Hall–Kier alpha value is -0.0400. The minimum absolute atomic E-state index is 0.499. The van der Waals surface area contributed by atoms with Crippen molar-refractivity contribution in [2.45, 2.75) is 59.3 Å². The molecule has 1 saturated carbocycles. The Morgan fingerprint density at radius 1 is 1.07 bits per heavy atom. The molecule has 2 atom stereocenters. The Balaban J connectivity index is 2.17. The molecule has 0 radical (unpaired) electrons. The van der Waals surface area contributed by atoms with E-state index in [9.17, 15) is 0 Å². The van der Waals surface area contributed by atoms with Crippen LogP contribution in [0.15, 0.2) is 0 Å². The van der Waals surface area contributed by atoms with Crippen LogP contribution in [0.2, 0.25) is 0 Å². The fourth-order valence-electron chi connectivity index (χ4n) is 4.16. The molecule has 1 heteroatoms. The molecule has 15 heavy (non-hydrogen) atoms. The molecule has 0 aromatic rings. The van der Waals surface area contributed by atoms with E-state index in [2.05, 4.69) is 26.1 Å². The van der Waals surface area contributed by atoms with Crippen LogP contribution in [-0.4, -0.2) is 13.1 Å². The predicted molar refractivity (Wildman–Crippen MR) is 65.9 cm³/mol. The summed E-state index contributed by atoms with van der Waals surface area (Å²) >= 11 is 0. The highest BCUT2D eigenvalue weighted by Crippen LogP contribution is 2.52. The Kier molecular flexibility index (Phi) is 3.12. The molecule has 1 spiro atoms. The number of rotatable bonds is 0. The second kappa shape index (κ2) is 4.08. The zero-order valence-electron chi connectivity index (χ0n) is 10.7. The van der Waals surface area contributed by atoms with Gasteiger partial charge in [0.2, 0.25) is 0 Å². The van der Waals surface area contributed by atoms with E-state index in [-0.39, 0.29) is 0 Å². The lowest BCUT2D eigenvalue weighted by molar-refractivity contribution is -0.00748. The van der Waals surface area contributed by atoms with Gasteiger partial charge < -0.3 is 5.32 Å². The van der Waals surface area contributed by atoms with Crippen molar-refractivity contribution >= 4 is 0 Å². The van der Waals surface area contributed by atoms with E-state index >= 15 is 0 Å². The van der Waals surface area contributed by atoms with Crippen molar-refractivity contribution in [3.8, 4) is 0 Å². The Morgan fingerprint density at radius 3 is 2.40 bits per heavy atom. The van der Waals surface area contributed by atoms with E-state index in [1.54, 1.807) is 0 Å². The third-order valence-corrected chi connectivity index (χ3v) is 4.71. The SMILES string of the molecule is CC(C)(C)C1CCCCC12CCCNC2. The van der Waals surface area contributed by atoms with Crippen molar-refractivity contribution in [1.29, 1.82) is 0 Å². The minimum Gasteiger partial charge on any atom is -0.316 e. The molecule has 2 unspecified atom stereocenters. The van der Waals surface area contributed by atoms with Crippen molar-refractivity contribution in [2.24, 2.45) is 16.7 Å². The largest absolute Gasteiger partial charge is 0.316 e. The van der Waals surface area contributed by atoms with Gasteiger partial charge in [0, 0.05) is 6.54 Å². The second-order valence-corrected chi connectivity index (χ2v) is 6.81. The van der Waals surface area contributed by atoms with E-state index in [1.165, 1.54) is 51.6 Å². The molecule has 0 aromatic carbocycles. The number of piperidine rings is 1. The minimum atomic E-state index is 0.499. The van der Waals surface area contributed by atoms with Crippen LogP contribution < -0.4 is 5.32 Å². The van der Waals surface area contributed by atoms with Crippen LogP contribution in [0.1, 0.15) is 59.3 Å². The summed E-state index contributed by atoms with van der Waals surface area (Å²) in [5.74, 6) is 0.937. The van der Waals surface area contributed by atoms with E-state index in [0.29, 0.717) is 10.8 Å². The van der Waals surface area contributed by atoms with Gasteiger partial charge in [-0.15, -0.1) is 0 Å². The van der Waals surface area contributed by atoms with Gasteiger partial charge in [0.1, 0.15) is 0 Å². The molecule has 1 saturated heterocycles. The monoisotopic (exact) mass is 209 g/mol. The summed E-state index contributed by atoms with van der Waals surface area (Å²) in [6, 6.07) is 0. The maximum absolute atomic E-state index is 3.65. The van der Waals surface area contributed by atoms with Crippen molar-refractivity contribution in [2.75, 3.05) is 13.1 Å². The van der Waals surface area contributed by atoms with Crippen LogP contribution in [0, 0.1) is 16.7 Å². The second-order valence-electron chi connectivity index (χ2n) is 6.81. The molecule has 2 aliphatic rings. The molecule has 1 N–H and O–H groups in total. The summed E-state index contributed by atoms with van der Waals surface area (Å²) in [6.07, 6.45) is 8.74. The first-order valence-electron chi connectivity index (χ1n) is 6.75. The normalized spacial score (nSPS) is 38.2. The average molecular weight is 209 g/mol. The van der Waals surface area contributed by atoms with Crippen molar-refractivity contribution < 1.29 is 0 Å². The molecule has 1 nitrogen and oxygen atoms in total. The molecule has 1 aliphatic heterocycles. The van der Waals surface area contributed by atoms with Crippen LogP contribution in [0.3, 0.4) is 0 Å². The van der Waals surface area contributed by atoms with Crippen LogP contribution in [-0.2, 0) is 0 Å². The first-order valence-corrected chi connectivity index (χ1v) is 6.75. The maximum Gasteiger partial charge on any atom is 0.00107 e. The number of hydrogen-bond acceptors (Lipinski definition) is 1. The van der Waals surface area contributed by atoms with Gasteiger partial charge in [0.25, 0.3) is 0 Å². The van der Waals surface area contributed by atoms with Crippen molar-refractivity contribution in [3.05, 3.63) is 0 Å². The molecule has 0 bridgehead atoms. The van der Waals surface area contributed by atoms with Gasteiger partial charge >= 0.3 is 0 Å². The Bertz CT molecular complexity index is 200. The first kappa shape index (κ1) is 11.4. The lowest BCUT2D eigenvalue weighted by Crippen LogP contribution is -2.50. The highest BCUT2D eigenvalue weighted by atomic mass is 14.9. The third kappa shape index (κ3) is 2.22. The molecular formula is C14H27N. The summed E-state index contributed by atoms with van der Waals surface area (Å²) in [7, 11) is 0. The van der Waals surface area contributed by atoms with Gasteiger partial charge in [0.05, 0.1) is 0 Å². The quantitative estimate of drug-likeness (QED) is 0.643. The molecule has 2 rings (SSSR count). The zero-order valence-corrected chi connectivity index (χ0v) is 10.7. The van der Waals surface area contributed by atoms with Gasteiger partial charge in [-0.25, -0.2) is 0 Å². The summed E-state index contributed by atoms with van der Waals surface area (Å²) < 4.78 is 0. The van der Waals surface area contributed by atoms with E-state index in [0.717, 1.165) is 5.92 Å². The van der Waals surface area contributed by atoms with Gasteiger partial charge in [-0.1, -0.05) is 33.6 Å². The highest BCUT2D eigenvalue weighted by Gasteiger charge is 2.46. The molecule has 88 valence electrons. The van der Waals surface area contributed by atoms with E-state index in [4.69, 9.17) is 0 Å². The topological polar surface area (TPSA) is 12.0 Å². The van der Waals surface area contributed by atoms with Crippen LogP contribution >= 0.6 is 0 Å². The average Bonchev–Trinajstić information content (AvgIpc) is 2.18. The predicted octanol–water partition coefficient (Wildman–Crippen LogP) is 3.59. The first-order chi connectivity index (χ1) is 7.05. The zero-order chi connectivity index (χ0) is 10.9.